The SMILES string of the molecule is CC(C)(C)OC(=O)CCCn1cnc2cc(B3OC(C)(C)C(C)(C)O3)ccc21. The topological polar surface area (TPSA) is 62.6 Å². The number of ether oxygens (including phenoxy) is 1. The first-order valence-corrected chi connectivity index (χ1v) is 9.90. The molecule has 1 aliphatic heterocycles. The van der Waals surface area contributed by atoms with E-state index in [1.165, 1.54) is 0 Å². The highest BCUT2D eigenvalue weighted by atomic mass is 16.7. The maximum Gasteiger partial charge on any atom is 0.494 e. The fourth-order valence-corrected chi connectivity index (χ4v) is 3.17. The fraction of sp³-hybridized carbons (Fsp3) is 0.619. The Morgan fingerprint density at radius 2 is 1.82 bits per heavy atom. The summed E-state index contributed by atoms with van der Waals surface area (Å²) in [5.74, 6) is -0.167. The predicted octanol–water partition coefficient (Wildman–Crippen LogP) is 3.46. The molecule has 0 aliphatic carbocycles. The Morgan fingerprint density at radius 3 is 2.43 bits per heavy atom. The van der Waals surface area contributed by atoms with E-state index in [2.05, 4.69) is 9.55 Å². The average Bonchev–Trinajstić information content (AvgIpc) is 3.03. The molecule has 28 heavy (non-hydrogen) atoms. The molecular weight excluding hydrogens is 355 g/mol. The lowest BCUT2D eigenvalue weighted by Gasteiger charge is -2.32. The lowest BCUT2D eigenvalue weighted by molar-refractivity contribution is -0.154. The van der Waals surface area contributed by atoms with Gasteiger partial charge in [0.2, 0.25) is 0 Å². The maximum absolute atomic E-state index is 11.9. The second-order valence-corrected chi connectivity index (χ2v) is 9.46. The molecule has 1 fully saturated rings. The van der Waals surface area contributed by atoms with Crippen molar-refractivity contribution in [1.29, 1.82) is 0 Å². The zero-order valence-electron chi connectivity index (χ0n) is 18.0. The second kappa shape index (κ2) is 7.19. The van der Waals surface area contributed by atoms with Crippen molar-refractivity contribution in [2.45, 2.75) is 84.7 Å². The lowest BCUT2D eigenvalue weighted by Crippen LogP contribution is -2.41. The molecule has 0 amide bonds. The van der Waals surface area contributed by atoms with E-state index in [-0.39, 0.29) is 17.2 Å². The van der Waals surface area contributed by atoms with Gasteiger partial charge in [0.1, 0.15) is 5.60 Å². The normalized spacial score (nSPS) is 18.6. The molecule has 152 valence electrons. The van der Waals surface area contributed by atoms with Gasteiger partial charge < -0.3 is 18.6 Å². The van der Waals surface area contributed by atoms with E-state index in [4.69, 9.17) is 14.0 Å². The first kappa shape index (κ1) is 20.9. The Labute approximate surface area is 167 Å². The first-order chi connectivity index (χ1) is 12.9. The average molecular weight is 386 g/mol. The molecule has 1 aromatic carbocycles. The summed E-state index contributed by atoms with van der Waals surface area (Å²) < 4.78 is 19.7. The van der Waals surface area contributed by atoms with Crippen LogP contribution in [0.4, 0.5) is 0 Å². The molecule has 0 N–H and O–H groups in total. The van der Waals surface area contributed by atoms with E-state index in [9.17, 15) is 4.79 Å². The van der Waals surface area contributed by atoms with Crippen LogP contribution in [0, 0.1) is 0 Å². The molecule has 0 radical (unpaired) electrons. The zero-order valence-corrected chi connectivity index (χ0v) is 18.0. The van der Waals surface area contributed by atoms with Gasteiger partial charge >= 0.3 is 13.1 Å². The van der Waals surface area contributed by atoms with Crippen LogP contribution in [-0.4, -0.2) is 39.4 Å². The van der Waals surface area contributed by atoms with E-state index in [0.717, 1.165) is 16.5 Å². The summed E-state index contributed by atoms with van der Waals surface area (Å²) in [5.41, 5.74) is 1.71. The van der Waals surface area contributed by atoms with Crippen LogP contribution in [-0.2, 0) is 25.4 Å². The molecule has 2 aromatic rings. The molecular formula is C21H31BN2O4. The van der Waals surface area contributed by atoms with Gasteiger partial charge in [-0.2, -0.15) is 0 Å². The molecule has 0 atom stereocenters. The number of carbonyl (C=O) groups is 1. The number of hydrogen-bond acceptors (Lipinski definition) is 5. The lowest BCUT2D eigenvalue weighted by atomic mass is 9.79. The van der Waals surface area contributed by atoms with Crippen LogP contribution in [0.2, 0.25) is 0 Å². The standard InChI is InChI=1S/C21H31BN2O4/c1-19(2,3)26-18(25)9-8-12-24-14-23-16-13-15(10-11-17(16)24)22-27-20(4,5)21(6,7)28-22/h10-11,13-14H,8-9,12H2,1-7H3. The van der Waals surface area contributed by atoms with Crippen LogP contribution in [0.25, 0.3) is 11.0 Å². The Balaban J connectivity index is 1.66. The molecule has 1 saturated heterocycles. The summed E-state index contributed by atoms with van der Waals surface area (Å²) in [6, 6.07) is 6.08. The van der Waals surface area contributed by atoms with E-state index in [0.29, 0.717) is 19.4 Å². The van der Waals surface area contributed by atoms with Crippen LogP contribution in [0.15, 0.2) is 24.5 Å². The minimum absolute atomic E-state index is 0.167. The monoisotopic (exact) mass is 386 g/mol. The summed E-state index contributed by atoms with van der Waals surface area (Å²) in [5, 5.41) is 0. The summed E-state index contributed by atoms with van der Waals surface area (Å²) >= 11 is 0. The minimum atomic E-state index is -0.442. The Hall–Kier alpha value is -1.86. The number of benzene rings is 1. The van der Waals surface area contributed by atoms with Crippen molar-refractivity contribution in [2.24, 2.45) is 0 Å². The van der Waals surface area contributed by atoms with Crippen LogP contribution in [0.1, 0.15) is 61.3 Å². The summed E-state index contributed by atoms with van der Waals surface area (Å²) in [4.78, 5) is 16.4. The Bertz CT molecular complexity index is 851. The number of esters is 1. The molecule has 7 heteroatoms. The van der Waals surface area contributed by atoms with Crippen molar-refractivity contribution in [3.8, 4) is 0 Å². The Kier molecular flexibility index (Phi) is 5.36. The molecule has 0 spiro atoms. The maximum atomic E-state index is 11.9. The molecule has 2 heterocycles. The van der Waals surface area contributed by atoms with Gasteiger partial charge in [-0.25, -0.2) is 4.98 Å². The number of nitrogens with zero attached hydrogens (tertiary/aromatic N) is 2. The highest BCUT2D eigenvalue weighted by Crippen LogP contribution is 2.36. The third-order valence-corrected chi connectivity index (χ3v) is 5.37. The number of fused-ring (bicyclic) bond motifs is 1. The summed E-state index contributed by atoms with van der Waals surface area (Å²) in [6.45, 7) is 14.5. The third-order valence-electron chi connectivity index (χ3n) is 5.37. The van der Waals surface area contributed by atoms with Crippen LogP contribution in [0.5, 0.6) is 0 Å². The number of imidazole rings is 1. The van der Waals surface area contributed by atoms with Gasteiger partial charge in [-0.1, -0.05) is 6.07 Å². The molecule has 0 saturated carbocycles. The van der Waals surface area contributed by atoms with Gasteiger partial charge in [-0.05, 0) is 72.5 Å². The van der Waals surface area contributed by atoms with Crippen molar-refractivity contribution < 1.29 is 18.8 Å². The van der Waals surface area contributed by atoms with Crippen molar-refractivity contribution in [2.75, 3.05) is 0 Å². The van der Waals surface area contributed by atoms with E-state index in [1.807, 2.05) is 73.0 Å². The number of rotatable bonds is 5. The highest BCUT2D eigenvalue weighted by Gasteiger charge is 2.51. The van der Waals surface area contributed by atoms with Crippen LogP contribution >= 0.6 is 0 Å². The number of carbonyl (C=O) groups excluding carboxylic acids is 1. The molecule has 0 unspecified atom stereocenters. The largest absolute Gasteiger partial charge is 0.494 e. The molecule has 3 rings (SSSR count). The van der Waals surface area contributed by atoms with Crippen molar-refractivity contribution in [1.82, 2.24) is 9.55 Å². The minimum Gasteiger partial charge on any atom is -0.460 e. The zero-order chi connectivity index (χ0) is 20.7. The second-order valence-electron chi connectivity index (χ2n) is 9.46. The van der Waals surface area contributed by atoms with E-state index < -0.39 is 12.7 Å². The molecule has 6 nitrogen and oxygen atoms in total. The molecule has 1 aliphatic rings. The van der Waals surface area contributed by atoms with Crippen LogP contribution in [0.3, 0.4) is 0 Å². The van der Waals surface area contributed by atoms with Gasteiger partial charge in [-0.3, -0.25) is 4.79 Å². The van der Waals surface area contributed by atoms with E-state index in [1.54, 1.807) is 0 Å². The number of aromatic nitrogens is 2. The first-order valence-electron chi connectivity index (χ1n) is 9.90. The van der Waals surface area contributed by atoms with E-state index >= 15 is 0 Å². The van der Waals surface area contributed by atoms with Gasteiger partial charge in [0.25, 0.3) is 0 Å². The fourth-order valence-electron chi connectivity index (χ4n) is 3.17. The third kappa shape index (κ3) is 4.41. The number of hydrogen-bond donors (Lipinski definition) is 0. The van der Waals surface area contributed by atoms with Gasteiger partial charge in [0.15, 0.2) is 0 Å². The van der Waals surface area contributed by atoms with Crippen molar-refractivity contribution >= 4 is 29.6 Å². The predicted molar refractivity (Wildman–Crippen MR) is 111 cm³/mol. The van der Waals surface area contributed by atoms with Gasteiger partial charge in [0, 0.05) is 13.0 Å². The van der Waals surface area contributed by atoms with Gasteiger partial charge in [0.05, 0.1) is 28.6 Å². The number of aryl methyl sites for hydroxylation is 1. The van der Waals surface area contributed by atoms with Crippen molar-refractivity contribution in [3.05, 3.63) is 24.5 Å². The quantitative estimate of drug-likeness (QED) is 0.582. The van der Waals surface area contributed by atoms with Gasteiger partial charge in [-0.15, -0.1) is 0 Å². The Morgan fingerprint density at radius 1 is 1.18 bits per heavy atom. The smallest absolute Gasteiger partial charge is 0.460 e. The molecule has 0 bridgehead atoms. The van der Waals surface area contributed by atoms with Crippen molar-refractivity contribution in [3.63, 3.8) is 0 Å². The highest BCUT2D eigenvalue weighted by molar-refractivity contribution is 6.62. The molecule has 1 aromatic heterocycles. The van der Waals surface area contributed by atoms with Crippen LogP contribution < -0.4 is 5.46 Å². The summed E-state index contributed by atoms with van der Waals surface area (Å²) in [6.07, 6.45) is 2.91. The summed E-state index contributed by atoms with van der Waals surface area (Å²) in [7, 11) is -0.397.